The third kappa shape index (κ3) is 4.22. The largest absolute Gasteiger partial charge is 0.370 e. The maximum absolute atomic E-state index is 8.87. The van der Waals surface area contributed by atoms with E-state index in [1.807, 2.05) is 24.3 Å². The molecule has 21 heavy (non-hydrogen) atoms. The van der Waals surface area contributed by atoms with E-state index < -0.39 is 0 Å². The first-order valence-corrected chi connectivity index (χ1v) is 7.20. The standard InChI is InChI=1S/C17H20N4/c1-2-19-17-15(8-6-12-20-17)14-21(13-7-11-18)16-9-4-3-5-10-16/h3-6,8-10,12H,2,7,13-14H2,1H3,(H,19,20). The Labute approximate surface area is 126 Å². The van der Waals surface area contributed by atoms with Crippen LogP contribution in [0.2, 0.25) is 0 Å². The number of para-hydroxylation sites is 1. The molecule has 0 aliphatic heterocycles. The highest BCUT2D eigenvalue weighted by Crippen LogP contribution is 2.20. The molecular formula is C17H20N4. The summed E-state index contributed by atoms with van der Waals surface area (Å²) in [5, 5.41) is 12.2. The van der Waals surface area contributed by atoms with Gasteiger partial charge < -0.3 is 10.2 Å². The molecule has 0 saturated carbocycles. The summed E-state index contributed by atoms with van der Waals surface area (Å²) in [6, 6.07) is 16.4. The van der Waals surface area contributed by atoms with Crippen molar-refractivity contribution in [3.05, 3.63) is 54.2 Å². The van der Waals surface area contributed by atoms with Crippen LogP contribution in [0.15, 0.2) is 48.7 Å². The van der Waals surface area contributed by atoms with Gasteiger partial charge >= 0.3 is 0 Å². The molecule has 1 N–H and O–H groups in total. The summed E-state index contributed by atoms with van der Waals surface area (Å²) in [5.41, 5.74) is 2.26. The molecule has 4 heteroatoms. The van der Waals surface area contributed by atoms with Crippen molar-refractivity contribution in [1.29, 1.82) is 5.26 Å². The van der Waals surface area contributed by atoms with Gasteiger partial charge in [0, 0.05) is 37.1 Å². The van der Waals surface area contributed by atoms with Crippen LogP contribution in [-0.2, 0) is 6.54 Å². The average Bonchev–Trinajstić information content (AvgIpc) is 2.54. The minimum atomic E-state index is 0.506. The number of hydrogen-bond acceptors (Lipinski definition) is 4. The molecule has 0 atom stereocenters. The van der Waals surface area contributed by atoms with Crippen LogP contribution in [-0.4, -0.2) is 18.1 Å². The van der Waals surface area contributed by atoms with Crippen molar-refractivity contribution < 1.29 is 0 Å². The second-order valence-corrected chi connectivity index (χ2v) is 4.71. The molecule has 1 aromatic heterocycles. The molecule has 0 aliphatic carbocycles. The summed E-state index contributed by atoms with van der Waals surface area (Å²) in [4.78, 5) is 6.60. The summed E-state index contributed by atoms with van der Waals surface area (Å²) < 4.78 is 0. The van der Waals surface area contributed by atoms with Crippen molar-refractivity contribution in [2.75, 3.05) is 23.3 Å². The Hall–Kier alpha value is -2.54. The number of nitriles is 1. The first-order chi connectivity index (χ1) is 10.3. The van der Waals surface area contributed by atoms with E-state index in [-0.39, 0.29) is 0 Å². The molecule has 0 fully saturated rings. The van der Waals surface area contributed by atoms with Crippen LogP contribution in [0.25, 0.3) is 0 Å². The van der Waals surface area contributed by atoms with Crippen LogP contribution in [0.5, 0.6) is 0 Å². The van der Waals surface area contributed by atoms with Crippen LogP contribution < -0.4 is 10.2 Å². The van der Waals surface area contributed by atoms with Gasteiger partial charge in [0.1, 0.15) is 5.82 Å². The number of nitrogens with zero attached hydrogens (tertiary/aromatic N) is 3. The number of rotatable bonds is 7. The lowest BCUT2D eigenvalue weighted by Gasteiger charge is -2.25. The van der Waals surface area contributed by atoms with Crippen molar-refractivity contribution in [2.24, 2.45) is 0 Å². The van der Waals surface area contributed by atoms with Crippen molar-refractivity contribution >= 4 is 11.5 Å². The number of nitrogens with one attached hydrogen (secondary N) is 1. The van der Waals surface area contributed by atoms with Crippen LogP contribution in [0, 0.1) is 11.3 Å². The molecule has 0 saturated heterocycles. The molecule has 0 bridgehead atoms. The summed E-state index contributed by atoms with van der Waals surface area (Å²) in [7, 11) is 0. The zero-order chi connectivity index (χ0) is 14.9. The summed E-state index contributed by atoms with van der Waals surface area (Å²) in [6.07, 6.45) is 2.30. The van der Waals surface area contributed by atoms with E-state index >= 15 is 0 Å². The lowest BCUT2D eigenvalue weighted by Crippen LogP contribution is -2.24. The second kappa shape index (κ2) is 7.91. The van der Waals surface area contributed by atoms with E-state index in [2.05, 4.69) is 46.4 Å². The zero-order valence-electron chi connectivity index (χ0n) is 12.3. The molecule has 108 valence electrons. The van der Waals surface area contributed by atoms with E-state index in [4.69, 9.17) is 5.26 Å². The molecule has 2 aromatic rings. The van der Waals surface area contributed by atoms with Crippen molar-refractivity contribution in [1.82, 2.24) is 4.98 Å². The van der Waals surface area contributed by atoms with E-state index in [0.717, 1.165) is 30.2 Å². The van der Waals surface area contributed by atoms with Gasteiger partial charge in [-0.15, -0.1) is 0 Å². The minimum absolute atomic E-state index is 0.506. The van der Waals surface area contributed by atoms with Gasteiger partial charge in [-0.25, -0.2) is 4.98 Å². The fraction of sp³-hybridized carbons (Fsp3) is 0.294. The highest BCUT2D eigenvalue weighted by Gasteiger charge is 2.10. The smallest absolute Gasteiger partial charge is 0.130 e. The topological polar surface area (TPSA) is 52.0 Å². The molecule has 0 unspecified atom stereocenters. The van der Waals surface area contributed by atoms with E-state index in [1.54, 1.807) is 6.20 Å². The highest BCUT2D eigenvalue weighted by atomic mass is 15.1. The van der Waals surface area contributed by atoms with E-state index in [1.165, 1.54) is 0 Å². The second-order valence-electron chi connectivity index (χ2n) is 4.71. The monoisotopic (exact) mass is 280 g/mol. The molecule has 1 aromatic carbocycles. The van der Waals surface area contributed by atoms with Gasteiger partial charge in [-0.3, -0.25) is 0 Å². The Balaban J connectivity index is 2.21. The molecule has 0 spiro atoms. The Kier molecular flexibility index (Phi) is 5.60. The molecule has 0 radical (unpaired) electrons. The van der Waals surface area contributed by atoms with Gasteiger partial charge in [-0.1, -0.05) is 24.3 Å². The van der Waals surface area contributed by atoms with Crippen molar-refractivity contribution in [2.45, 2.75) is 19.9 Å². The Morgan fingerprint density at radius 1 is 1.19 bits per heavy atom. The molecule has 1 heterocycles. The first kappa shape index (κ1) is 14.9. The summed E-state index contributed by atoms with van der Waals surface area (Å²) in [6.45, 7) is 4.35. The predicted octanol–water partition coefficient (Wildman–Crippen LogP) is 3.43. The molecule has 2 rings (SSSR count). The van der Waals surface area contributed by atoms with Gasteiger partial charge in [0.25, 0.3) is 0 Å². The van der Waals surface area contributed by atoms with Crippen LogP contribution in [0.1, 0.15) is 18.9 Å². The lowest BCUT2D eigenvalue weighted by atomic mass is 10.2. The summed E-state index contributed by atoms with van der Waals surface area (Å²) in [5.74, 6) is 0.915. The van der Waals surface area contributed by atoms with Crippen LogP contribution in [0.4, 0.5) is 11.5 Å². The lowest BCUT2D eigenvalue weighted by molar-refractivity contribution is 0.795. The number of benzene rings is 1. The first-order valence-electron chi connectivity index (χ1n) is 7.20. The fourth-order valence-corrected chi connectivity index (χ4v) is 2.22. The van der Waals surface area contributed by atoms with Crippen molar-refractivity contribution in [3.8, 4) is 6.07 Å². The normalized spacial score (nSPS) is 9.90. The van der Waals surface area contributed by atoms with Gasteiger partial charge in [0.15, 0.2) is 0 Å². The molecule has 4 nitrogen and oxygen atoms in total. The Bertz CT molecular complexity index is 589. The number of anilines is 2. The van der Waals surface area contributed by atoms with Gasteiger partial charge in [-0.2, -0.15) is 5.26 Å². The number of pyridine rings is 1. The Morgan fingerprint density at radius 2 is 2.00 bits per heavy atom. The van der Waals surface area contributed by atoms with E-state index in [0.29, 0.717) is 13.0 Å². The maximum Gasteiger partial charge on any atom is 0.130 e. The third-order valence-electron chi connectivity index (χ3n) is 3.21. The highest BCUT2D eigenvalue weighted by molar-refractivity contribution is 5.50. The molecule has 0 amide bonds. The zero-order valence-corrected chi connectivity index (χ0v) is 12.3. The van der Waals surface area contributed by atoms with Gasteiger partial charge in [0.2, 0.25) is 0 Å². The van der Waals surface area contributed by atoms with Gasteiger partial charge in [0.05, 0.1) is 12.5 Å². The number of aromatic nitrogens is 1. The van der Waals surface area contributed by atoms with Crippen molar-refractivity contribution in [3.63, 3.8) is 0 Å². The average molecular weight is 280 g/mol. The maximum atomic E-state index is 8.87. The van der Waals surface area contributed by atoms with E-state index in [9.17, 15) is 0 Å². The molecule has 0 aliphatic rings. The van der Waals surface area contributed by atoms with Crippen LogP contribution >= 0.6 is 0 Å². The minimum Gasteiger partial charge on any atom is -0.370 e. The summed E-state index contributed by atoms with van der Waals surface area (Å²) >= 11 is 0. The fourth-order valence-electron chi connectivity index (χ4n) is 2.22. The molecular weight excluding hydrogens is 260 g/mol. The van der Waals surface area contributed by atoms with Gasteiger partial charge in [-0.05, 0) is 25.1 Å². The predicted molar refractivity (Wildman–Crippen MR) is 86.1 cm³/mol. The third-order valence-corrected chi connectivity index (χ3v) is 3.21. The quantitative estimate of drug-likeness (QED) is 0.844. The Morgan fingerprint density at radius 3 is 2.71 bits per heavy atom. The SMILES string of the molecule is CCNc1ncccc1CN(CCC#N)c1ccccc1. The van der Waals surface area contributed by atoms with Crippen LogP contribution in [0.3, 0.4) is 0 Å². The number of hydrogen-bond donors (Lipinski definition) is 1.